The Kier molecular flexibility index (Phi) is 4.77. The lowest BCUT2D eigenvalue weighted by Crippen LogP contribution is -1.99. The van der Waals surface area contributed by atoms with Crippen molar-refractivity contribution in [2.75, 3.05) is 5.32 Å². The molecule has 1 aliphatic rings. The van der Waals surface area contributed by atoms with Crippen LogP contribution in [-0.4, -0.2) is 24.5 Å². The van der Waals surface area contributed by atoms with Crippen LogP contribution in [0.1, 0.15) is 12.8 Å². The highest BCUT2D eigenvalue weighted by Crippen LogP contribution is 2.34. The van der Waals surface area contributed by atoms with E-state index in [1.165, 1.54) is 19.2 Å². The number of imidazole rings is 1. The Labute approximate surface area is 188 Å². The Morgan fingerprint density at radius 1 is 0.969 bits per heavy atom. The first kappa shape index (κ1) is 18.9. The van der Waals surface area contributed by atoms with Crippen molar-refractivity contribution in [1.82, 2.24) is 24.5 Å². The Morgan fingerprint density at radius 2 is 1.81 bits per heavy atom. The molecule has 3 heterocycles. The molecule has 1 fully saturated rings. The van der Waals surface area contributed by atoms with Gasteiger partial charge in [0.25, 0.3) is 5.88 Å². The van der Waals surface area contributed by atoms with Gasteiger partial charge in [-0.2, -0.15) is 4.98 Å². The third-order valence-corrected chi connectivity index (χ3v) is 6.37. The molecule has 8 heteroatoms. The number of benzene rings is 2. The van der Waals surface area contributed by atoms with Gasteiger partial charge in [0.2, 0.25) is 0 Å². The fraction of sp³-hybridized carbons (Fsp3) is 0.167. The van der Waals surface area contributed by atoms with E-state index in [9.17, 15) is 0 Å². The molecule has 32 heavy (non-hydrogen) atoms. The first-order valence-electron chi connectivity index (χ1n) is 10.5. The smallest absolute Gasteiger partial charge is 0.250 e. The fourth-order valence-electron chi connectivity index (χ4n) is 3.56. The minimum atomic E-state index is 0.476. The van der Waals surface area contributed by atoms with Crippen molar-refractivity contribution in [2.24, 2.45) is 5.92 Å². The van der Waals surface area contributed by atoms with Crippen LogP contribution in [0.5, 0.6) is 11.6 Å². The number of hydrogen-bond acceptors (Lipinski definition) is 7. The molecule has 0 spiro atoms. The lowest BCUT2D eigenvalue weighted by Gasteiger charge is -2.06. The van der Waals surface area contributed by atoms with Gasteiger partial charge < -0.3 is 14.6 Å². The standard InChI is InChI=1S/C24H20N6OS/c1-2-4-18(5-3-1)29-24-25-12-20(32-24)17-8-10-19(11-9-17)31-23-21-22(26-14-27-23)30(15-28-21)13-16-6-7-16/h1-5,8-12,14-16H,6-7,13H2,(H,25,29). The molecule has 0 bridgehead atoms. The van der Waals surface area contributed by atoms with Gasteiger partial charge in [-0.05, 0) is 60.7 Å². The zero-order valence-electron chi connectivity index (χ0n) is 17.2. The minimum Gasteiger partial charge on any atom is -0.437 e. The van der Waals surface area contributed by atoms with E-state index in [0.717, 1.165) is 39.4 Å². The summed E-state index contributed by atoms with van der Waals surface area (Å²) >= 11 is 1.61. The predicted octanol–water partition coefficient (Wildman–Crippen LogP) is 5.90. The van der Waals surface area contributed by atoms with Crippen LogP contribution in [0.15, 0.2) is 73.4 Å². The van der Waals surface area contributed by atoms with Crippen molar-refractivity contribution < 1.29 is 4.74 Å². The SMILES string of the molecule is c1ccc(Nc2ncc(-c3ccc(Oc4ncnc5c4ncn5CC4CC4)cc3)s2)cc1. The van der Waals surface area contributed by atoms with Crippen LogP contribution in [-0.2, 0) is 6.54 Å². The zero-order chi connectivity index (χ0) is 21.3. The molecular formula is C24H20N6OS. The van der Waals surface area contributed by atoms with Crippen LogP contribution in [0.3, 0.4) is 0 Å². The van der Waals surface area contributed by atoms with Crippen LogP contribution in [0.25, 0.3) is 21.6 Å². The van der Waals surface area contributed by atoms with Crippen molar-refractivity contribution in [1.29, 1.82) is 0 Å². The summed E-state index contributed by atoms with van der Waals surface area (Å²) in [4.78, 5) is 18.8. The van der Waals surface area contributed by atoms with Gasteiger partial charge >= 0.3 is 0 Å². The van der Waals surface area contributed by atoms with Crippen LogP contribution in [0.4, 0.5) is 10.8 Å². The van der Waals surface area contributed by atoms with E-state index in [2.05, 4.69) is 29.8 Å². The van der Waals surface area contributed by atoms with Gasteiger partial charge in [-0.3, -0.25) is 0 Å². The monoisotopic (exact) mass is 440 g/mol. The molecular weight excluding hydrogens is 420 g/mol. The number of nitrogens with one attached hydrogen (secondary N) is 1. The molecule has 7 nitrogen and oxygen atoms in total. The predicted molar refractivity (Wildman–Crippen MR) is 125 cm³/mol. The van der Waals surface area contributed by atoms with E-state index < -0.39 is 0 Å². The van der Waals surface area contributed by atoms with Gasteiger partial charge in [0, 0.05) is 18.4 Å². The van der Waals surface area contributed by atoms with E-state index in [4.69, 9.17) is 4.74 Å². The van der Waals surface area contributed by atoms with E-state index >= 15 is 0 Å². The van der Waals surface area contributed by atoms with E-state index in [1.54, 1.807) is 11.3 Å². The van der Waals surface area contributed by atoms with Gasteiger partial charge in [0.1, 0.15) is 12.1 Å². The Bertz CT molecular complexity index is 1360. The summed E-state index contributed by atoms with van der Waals surface area (Å²) in [6.07, 6.45) is 7.81. The summed E-state index contributed by atoms with van der Waals surface area (Å²) in [5, 5.41) is 4.19. The molecule has 3 aromatic heterocycles. The van der Waals surface area contributed by atoms with Crippen molar-refractivity contribution in [3.63, 3.8) is 0 Å². The zero-order valence-corrected chi connectivity index (χ0v) is 18.0. The summed E-state index contributed by atoms with van der Waals surface area (Å²) in [5.74, 6) is 1.93. The van der Waals surface area contributed by atoms with Crippen LogP contribution < -0.4 is 10.1 Å². The number of thiazole rings is 1. The minimum absolute atomic E-state index is 0.476. The van der Waals surface area contributed by atoms with Crippen LogP contribution in [0.2, 0.25) is 0 Å². The molecule has 5 aromatic rings. The molecule has 1 aliphatic carbocycles. The van der Waals surface area contributed by atoms with Crippen molar-refractivity contribution >= 4 is 33.3 Å². The average molecular weight is 441 g/mol. The Balaban J connectivity index is 1.18. The number of ether oxygens (including phenoxy) is 1. The first-order valence-corrected chi connectivity index (χ1v) is 11.4. The largest absolute Gasteiger partial charge is 0.437 e. The highest BCUT2D eigenvalue weighted by molar-refractivity contribution is 7.18. The summed E-state index contributed by atoms with van der Waals surface area (Å²) in [7, 11) is 0. The van der Waals surface area contributed by atoms with Gasteiger partial charge in [-0.25, -0.2) is 15.0 Å². The molecule has 0 saturated heterocycles. The summed E-state index contributed by atoms with van der Waals surface area (Å²) in [5.41, 5.74) is 3.61. The highest BCUT2D eigenvalue weighted by Gasteiger charge is 2.23. The molecule has 0 unspecified atom stereocenters. The summed E-state index contributed by atoms with van der Waals surface area (Å²) < 4.78 is 8.14. The number of rotatable bonds is 7. The Hall–Kier alpha value is -3.78. The molecule has 0 amide bonds. The lowest BCUT2D eigenvalue weighted by atomic mass is 10.2. The molecule has 1 N–H and O–H groups in total. The topological polar surface area (TPSA) is 77.8 Å². The number of fused-ring (bicyclic) bond motifs is 1. The van der Waals surface area contributed by atoms with Crippen molar-refractivity contribution in [3.8, 4) is 22.1 Å². The molecule has 1 saturated carbocycles. The van der Waals surface area contributed by atoms with Crippen LogP contribution in [0, 0.1) is 5.92 Å². The van der Waals surface area contributed by atoms with Gasteiger partial charge in [-0.15, -0.1) is 0 Å². The highest BCUT2D eigenvalue weighted by atomic mass is 32.1. The number of aromatic nitrogens is 5. The van der Waals surface area contributed by atoms with Gasteiger partial charge in [0.05, 0.1) is 11.2 Å². The van der Waals surface area contributed by atoms with Crippen molar-refractivity contribution in [2.45, 2.75) is 19.4 Å². The van der Waals surface area contributed by atoms with E-state index in [-0.39, 0.29) is 0 Å². The first-order chi connectivity index (χ1) is 15.8. The molecule has 6 rings (SSSR count). The number of para-hydroxylation sites is 1. The maximum atomic E-state index is 6.05. The summed E-state index contributed by atoms with van der Waals surface area (Å²) in [6, 6.07) is 18.0. The third-order valence-electron chi connectivity index (χ3n) is 5.40. The van der Waals surface area contributed by atoms with Gasteiger partial charge in [0.15, 0.2) is 16.3 Å². The fourth-order valence-corrected chi connectivity index (χ4v) is 4.40. The quantitative estimate of drug-likeness (QED) is 0.340. The second-order valence-electron chi connectivity index (χ2n) is 7.84. The van der Waals surface area contributed by atoms with E-state index in [0.29, 0.717) is 17.1 Å². The van der Waals surface area contributed by atoms with Crippen LogP contribution >= 0.6 is 11.3 Å². The molecule has 0 radical (unpaired) electrons. The Morgan fingerprint density at radius 3 is 2.62 bits per heavy atom. The second-order valence-corrected chi connectivity index (χ2v) is 8.87. The third kappa shape index (κ3) is 3.92. The molecule has 2 aromatic carbocycles. The van der Waals surface area contributed by atoms with Gasteiger partial charge in [-0.1, -0.05) is 29.5 Å². The summed E-state index contributed by atoms with van der Waals surface area (Å²) in [6.45, 7) is 0.956. The second kappa shape index (κ2) is 8.05. The normalized spacial score (nSPS) is 13.4. The lowest BCUT2D eigenvalue weighted by molar-refractivity contribution is 0.467. The maximum Gasteiger partial charge on any atom is 0.250 e. The molecule has 0 atom stereocenters. The van der Waals surface area contributed by atoms with Crippen molar-refractivity contribution in [3.05, 3.63) is 73.4 Å². The number of nitrogens with zero attached hydrogens (tertiary/aromatic N) is 5. The maximum absolute atomic E-state index is 6.05. The molecule has 0 aliphatic heterocycles. The average Bonchev–Trinajstić information content (AvgIpc) is 3.36. The van der Waals surface area contributed by atoms with E-state index in [1.807, 2.05) is 67.1 Å². The molecule has 158 valence electrons. The number of anilines is 2. The number of hydrogen-bond donors (Lipinski definition) is 1.